The minimum atomic E-state index is -1.17. The zero-order valence-electron chi connectivity index (χ0n) is 29.0. The van der Waals surface area contributed by atoms with Crippen LogP contribution in [0.1, 0.15) is 219 Å². The van der Waals surface area contributed by atoms with Gasteiger partial charge in [-0.3, -0.25) is 9.59 Å². The Morgan fingerprint density at radius 1 is 0.395 bits per heavy atom. The van der Waals surface area contributed by atoms with Gasteiger partial charge in [-0.15, -0.1) is 0 Å². The van der Waals surface area contributed by atoms with E-state index in [1.807, 2.05) is 0 Å². The van der Waals surface area contributed by atoms with Crippen LogP contribution in [0.3, 0.4) is 0 Å². The first-order valence-electron chi connectivity index (χ1n) is 19.1. The standard InChI is InChI=1S/C38H74O5/c1-3-5-7-9-11-13-15-17-19-21-23-25-27-29-31-33-36(40)42-38(35-39)43-37(41)34-32-30-28-26-24-22-20-18-16-14-12-10-8-6-4-2/h38-39H,3-35H2,1-2H3. The third-order valence-corrected chi connectivity index (χ3v) is 8.64. The molecule has 256 valence electrons. The van der Waals surface area contributed by atoms with Crippen LogP contribution < -0.4 is 0 Å². The Labute approximate surface area is 268 Å². The second kappa shape index (κ2) is 35.4. The number of rotatable bonds is 35. The van der Waals surface area contributed by atoms with Gasteiger partial charge in [-0.25, -0.2) is 0 Å². The fraction of sp³-hybridized carbons (Fsp3) is 0.947. The van der Waals surface area contributed by atoms with Gasteiger partial charge in [0.25, 0.3) is 6.29 Å². The second-order valence-corrected chi connectivity index (χ2v) is 13.0. The molecule has 0 heterocycles. The zero-order valence-corrected chi connectivity index (χ0v) is 29.0. The molecule has 1 N–H and O–H groups in total. The van der Waals surface area contributed by atoms with Gasteiger partial charge in [0.15, 0.2) is 0 Å². The van der Waals surface area contributed by atoms with Crippen molar-refractivity contribution in [2.45, 2.75) is 226 Å². The Balaban J connectivity index is 3.50. The van der Waals surface area contributed by atoms with E-state index < -0.39 is 24.8 Å². The minimum absolute atomic E-state index is 0.311. The molecule has 0 saturated carbocycles. The van der Waals surface area contributed by atoms with Crippen molar-refractivity contribution in [1.82, 2.24) is 0 Å². The van der Waals surface area contributed by atoms with Crippen LogP contribution in [0.15, 0.2) is 0 Å². The molecule has 0 spiro atoms. The Hall–Kier alpha value is -1.10. The third-order valence-electron chi connectivity index (χ3n) is 8.64. The molecule has 0 bridgehead atoms. The number of aliphatic hydroxyl groups is 1. The molecule has 0 aromatic carbocycles. The summed E-state index contributed by atoms with van der Waals surface area (Å²) < 4.78 is 10.4. The molecule has 0 saturated heterocycles. The fourth-order valence-electron chi connectivity index (χ4n) is 5.79. The summed E-state index contributed by atoms with van der Waals surface area (Å²) in [6, 6.07) is 0. The van der Waals surface area contributed by atoms with Gasteiger partial charge in [-0.1, -0.05) is 194 Å². The molecular weight excluding hydrogens is 536 g/mol. The van der Waals surface area contributed by atoms with Gasteiger partial charge in [-0.05, 0) is 12.8 Å². The van der Waals surface area contributed by atoms with E-state index in [0.717, 1.165) is 38.5 Å². The Bertz CT molecular complexity index is 531. The SMILES string of the molecule is CCCCCCCCCCCCCCCCCC(=O)OC(CO)OC(=O)CCCCCCCCCCCCCCCCC. The van der Waals surface area contributed by atoms with Gasteiger partial charge in [-0.2, -0.15) is 0 Å². The lowest BCUT2D eigenvalue weighted by Gasteiger charge is -2.16. The molecule has 0 amide bonds. The van der Waals surface area contributed by atoms with Gasteiger partial charge >= 0.3 is 11.9 Å². The number of carbonyl (C=O) groups is 2. The lowest BCUT2D eigenvalue weighted by Crippen LogP contribution is -2.27. The van der Waals surface area contributed by atoms with E-state index in [2.05, 4.69) is 13.8 Å². The normalized spacial score (nSPS) is 11.3. The Morgan fingerprint density at radius 3 is 0.814 bits per heavy atom. The molecule has 0 aromatic heterocycles. The molecular formula is C38H74O5. The van der Waals surface area contributed by atoms with Crippen LogP contribution in [0.5, 0.6) is 0 Å². The van der Waals surface area contributed by atoms with Gasteiger partial charge < -0.3 is 14.6 Å². The lowest BCUT2D eigenvalue weighted by atomic mass is 10.0. The first kappa shape index (κ1) is 41.9. The van der Waals surface area contributed by atoms with Crippen molar-refractivity contribution in [2.75, 3.05) is 6.61 Å². The van der Waals surface area contributed by atoms with Gasteiger partial charge in [0, 0.05) is 12.8 Å². The molecule has 0 atom stereocenters. The molecule has 0 radical (unpaired) electrons. The summed E-state index contributed by atoms with van der Waals surface area (Å²) in [7, 11) is 0. The average molecular weight is 611 g/mol. The highest BCUT2D eigenvalue weighted by atomic mass is 16.7. The fourth-order valence-corrected chi connectivity index (χ4v) is 5.79. The number of esters is 2. The summed E-state index contributed by atoms with van der Waals surface area (Å²) in [6.07, 6.45) is 37.8. The molecule has 0 fully saturated rings. The molecule has 0 unspecified atom stereocenters. The Morgan fingerprint density at radius 2 is 0.605 bits per heavy atom. The van der Waals surface area contributed by atoms with Crippen molar-refractivity contribution in [1.29, 1.82) is 0 Å². The van der Waals surface area contributed by atoms with Crippen molar-refractivity contribution < 1.29 is 24.2 Å². The highest BCUT2D eigenvalue weighted by Gasteiger charge is 2.17. The molecule has 0 aliphatic heterocycles. The van der Waals surface area contributed by atoms with Crippen LogP contribution in [-0.2, 0) is 19.1 Å². The topological polar surface area (TPSA) is 72.8 Å². The number of carbonyl (C=O) groups excluding carboxylic acids is 2. The van der Waals surface area contributed by atoms with E-state index in [1.165, 1.54) is 154 Å². The highest BCUT2D eigenvalue weighted by Crippen LogP contribution is 2.16. The summed E-state index contributed by atoms with van der Waals surface area (Å²) >= 11 is 0. The van der Waals surface area contributed by atoms with Crippen molar-refractivity contribution >= 4 is 11.9 Å². The molecule has 5 nitrogen and oxygen atoms in total. The van der Waals surface area contributed by atoms with E-state index in [1.54, 1.807) is 0 Å². The van der Waals surface area contributed by atoms with Gasteiger partial charge in [0.05, 0.1) is 0 Å². The van der Waals surface area contributed by atoms with Crippen LogP contribution in [0, 0.1) is 0 Å². The maximum atomic E-state index is 12.1. The predicted molar refractivity (Wildman–Crippen MR) is 182 cm³/mol. The summed E-state index contributed by atoms with van der Waals surface area (Å²) in [4.78, 5) is 24.2. The Kier molecular flexibility index (Phi) is 34.5. The number of hydrogen-bond donors (Lipinski definition) is 1. The number of unbranched alkanes of at least 4 members (excludes halogenated alkanes) is 28. The molecule has 5 heteroatoms. The van der Waals surface area contributed by atoms with E-state index in [4.69, 9.17) is 9.47 Å². The molecule has 0 aliphatic rings. The van der Waals surface area contributed by atoms with Crippen LogP contribution in [-0.4, -0.2) is 29.9 Å². The van der Waals surface area contributed by atoms with E-state index in [9.17, 15) is 14.7 Å². The van der Waals surface area contributed by atoms with Gasteiger partial charge in [0.2, 0.25) is 0 Å². The van der Waals surface area contributed by atoms with Crippen molar-refractivity contribution in [3.8, 4) is 0 Å². The minimum Gasteiger partial charge on any atom is -0.423 e. The molecule has 0 aromatic rings. The maximum Gasteiger partial charge on any atom is 0.308 e. The van der Waals surface area contributed by atoms with Crippen molar-refractivity contribution in [3.05, 3.63) is 0 Å². The quantitative estimate of drug-likeness (QED) is 0.0439. The van der Waals surface area contributed by atoms with Crippen LogP contribution in [0.25, 0.3) is 0 Å². The van der Waals surface area contributed by atoms with Crippen LogP contribution in [0.4, 0.5) is 0 Å². The summed E-state index contributed by atoms with van der Waals surface area (Å²) in [6.45, 7) is 4.05. The molecule has 0 rings (SSSR count). The maximum absolute atomic E-state index is 12.1. The number of hydrogen-bond acceptors (Lipinski definition) is 5. The average Bonchev–Trinajstić information content (AvgIpc) is 3.00. The number of ether oxygens (including phenoxy) is 2. The van der Waals surface area contributed by atoms with Crippen molar-refractivity contribution in [2.24, 2.45) is 0 Å². The largest absolute Gasteiger partial charge is 0.423 e. The molecule has 43 heavy (non-hydrogen) atoms. The molecule has 0 aliphatic carbocycles. The smallest absolute Gasteiger partial charge is 0.308 e. The van der Waals surface area contributed by atoms with Crippen LogP contribution in [0.2, 0.25) is 0 Å². The predicted octanol–water partition coefficient (Wildman–Crippen LogP) is 11.9. The highest BCUT2D eigenvalue weighted by molar-refractivity contribution is 5.71. The summed E-state index contributed by atoms with van der Waals surface area (Å²) in [5.41, 5.74) is 0. The van der Waals surface area contributed by atoms with Gasteiger partial charge in [0.1, 0.15) is 6.61 Å². The van der Waals surface area contributed by atoms with E-state index in [0.29, 0.717) is 12.8 Å². The first-order chi connectivity index (χ1) is 21.1. The zero-order chi connectivity index (χ0) is 31.5. The monoisotopic (exact) mass is 611 g/mol. The van der Waals surface area contributed by atoms with Crippen molar-refractivity contribution in [3.63, 3.8) is 0 Å². The summed E-state index contributed by atoms with van der Waals surface area (Å²) in [5.74, 6) is -0.790. The number of aliphatic hydroxyl groups excluding tert-OH is 1. The van der Waals surface area contributed by atoms with Crippen LogP contribution >= 0.6 is 0 Å². The van der Waals surface area contributed by atoms with E-state index in [-0.39, 0.29) is 0 Å². The second-order valence-electron chi connectivity index (χ2n) is 13.0. The summed E-state index contributed by atoms with van der Waals surface area (Å²) in [5, 5.41) is 9.48. The third kappa shape index (κ3) is 33.6. The first-order valence-corrected chi connectivity index (χ1v) is 19.1. The van der Waals surface area contributed by atoms with E-state index >= 15 is 0 Å². The lowest BCUT2D eigenvalue weighted by molar-refractivity contribution is -0.194.